The predicted molar refractivity (Wildman–Crippen MR) is 101 cm³/mol. The van der Waals surface area contributed by atoms with Crippen molar-refractivity contribution in [3.8, 4) is 0 Å². The fraction of sp³-hybridized carbons (Fsp3) is 0.409. The van der Waals surface area contributed by atoms with E-state index >= 15 is 0 Å². The van der Waals surface area contributed by atoms with Gasteiger partial charge < -0.3 is 4.74 Å². The molecule has 3 rings (SSSR count). The minimum absolute atomic E-state index is 0.173. The van der Waals surface area contributed by atoms with Crippen molar-refractivity contribution in [2.75, 3.05) is 26.7 Å². The Kier molecular flexibility index (Phi) is 6.04. The van der Waals surface area contributed by atoms with E-state index in [1.165, 1.54) is 11.1 Å². The molecule has 3 nitrogen and oxygen atoms in total. The zero-order chi connectivity index (χ0) is 18.5. The van der Waals surface area contributed by atoms with Crippen LogP contribution in [0.3, 0.4) is 0 Å². The van der Waals surface area contributed by atoms with Gasteiger partial charge in [0.15, 0.2) is 0 Å². The molecule has 2 aromatic rings. The zero-order valence-electron chi connectivity index (χ0n) is 15.5. The van der Waals surface area contributed by atoms with E-state index in [2.05, 4.69) is 12.1 Å². The predicted octanol–water partition coefficient (Wildman–Crippen LogP) is 4.01. The number of fused-ring (bicyclic) bond motifs is 1. The van der Waals surface area contributed by atoms with Gasteiger partial charge in [0.05, 0.1) is 13.2 Å². The van der Waals surface area contributed by atoms with Crippen molar-refractivity contribution in [3.63, 3.8) is 0 Å². The van der Waals surface area contributed by atoms with E-state index in [-0.39, 0.29) is 17.7 Å². The molecule has 4 heteroatoms. The Labute approximate surface area is 154 Å². The Morgan fingerprint density at radius 2 is 2.00 bits per heavy atom. The molecule has 2 atom stereocenters. The summed E-state index contributed by atoms with van der Waals surface area (Å²) in [6.07, 6.45) is 1.84. The molecule has 26 heavy (non-hydrogen) atoms. The molecule has 0 saturated heterocycles. The highest BCUT2D eigenvalue weighted by Gasteiger charge is 2.32. The maximum absolute atomic E-state index is 13.7. The number of carbonyl (C=O) groups excluding carboxylic acids is 1. The number of nitrogens with zero attached hydrogens (tertiary/aromatic N) is 1. The lowest BCUT2D eigenvalue weighted by atomic mass is 9.71. The molecule has 1 aliphatic carbocycles. The summed E-state index contributed by atoms with van der Waals surface area (Å²) in [4.78, 5) is 13.8. The largest absolute Gasteiger partial charge is 0.465 e. The normalized spacial score (nSPS) is 19.2. The van der Waals surface area contributed by atoms with Crippen LogP contribution < -0.4 is 0 Å². The van der Waals surface area contributed by atoms with Crippen LogP contribution in [-0.4, -0.2) is 37.6 Å². The van der Waals surface area contributed by atoms with Crippen LogP contribution in [-0.2, 0) is 16.0 Å². The maximum Gasteiger partial charge on any atom is 0.320 e. The summed E-state index contributed by atoms with van der Waals surface area (Å²) in [7, 11) is 1.96. The fourth-order valence-corrected chi connectivity index (χ4v) is 4.06. The second kappa shape index (κ2) is 8.45. The van der Waals surface area contributed by atoms with Gasteiger partial charge in [0.2, 0.25) is 0 Å². The number of hydrogen-bond donors (Lipinski definition) is 0. The number of aryl methyl sites for hydroxylation is 1. The highest BCUT2D eigenvalue weighted by molar-refractivity contribution is 5.71. The van der Waals surface area contributed by atoms with Crippen LogP contribution in [0, 0.1) is 11.7 Å². The van der Waals surface area contributed by atoms with E-state index in [1.54, 1.807) is 12.1 Å². The molecule has 0 aliphatic heterocycles. The van der Waals surface area contributed by atoms with E-state index in [1.807, 2.05) is 43.1 Å². The molecule has 0 bridgehead atoms. The molecular formula is C22H26FNO2. The number of likely N-dealkylation sites (N-methyl/N-ethyl adjacent to an activating group) is 1. The van der Waals surface area contributed by atoms with Crippen LogP contribution >= 0.6 is 0 Å². The van der Waals surface area contributed by atoms with Crippen molar-refractivity contribution in [1.29, 1.82) is 0 Å². The van der Waals surface area contributed by atoms with Gasteiger partial charge in [-0.25, -0.2) is 4.39 Å². The third-order valence-electron chi connectivity index (χ3n) is 5.11. The molecule has 1 aliphatic rings. The summed E-state index contributed by atoms with van der Waals surface area (Å²) in [5, 5.41) is 0. The van der Waals surface area contributed by atoms with E-state index in [4.69, 9.17) is 4.74 Å². The van der Waals surface area contributed by atoms with E-state index in [9.17, 15) is 9.18 Å². The Hall–Kier alpha value is -2.20. The molecule has 0 heterocycles. The summed E-state index contributed by atoms with van der Waals surface area (Å²) < 4.78 is 18.7. The first-order valence-corrected chi connectivity index (χ1v) is 9.26. The highest BCUT2D eigenvalue weighted by atomic mass is 19.1. The zero-order valence-corrected chi connectivity index (χ0v) is 15.5. The average Bonchev–Trinajstić information content (AvgIpc) is 2.62. The molecule has 0 fully saturated rings. The van der Waals surface area contributed by atoms with Gasteiger partial charge >= 0.3 is 5.97 Å². The summed E-state index contributed by atoms with van der Waals surface area (Å²) in [5.74, 6) is 0.220. The summed E-state index contributed by atoms with van der Waals surface area (Å²) in [6, 6.07) is 15.5. The highest BCUT2D eigenvalue weighted by Crippen LogP contribution is 2.41. The number of halogens is 1. The molecule has 138 valence electrons. The molecule has 2 aromatic carbocycles. The number of carbonyl (C=O) groups is 1. The van der Waals surface area contributed by atoms with Crippen molar-refractivity contribution in [3.05, 3.63) is 71.0 Å². The molecular weight excluding hydrogens is 329 g/mol. The van der Waals surface area contributed by atoms with Crippen molar-refractivity contribution >= 4 is 5.97 Å². The lowest BCUT2D eigenvalue weighted by Gasteiger charge is -2.36. The first-order valence-electron chi connectivity index (χ1n) is 9.26. The third kappa shape index (κ3) is 4.31. The van der Waals surface area contributed by atoms with Crippen LogP contribution in [0.25, 0.3) is 0 Å². The van der Waals surface area contributed by atoms with E-state index in [0.717, 1.165) is 24.9 Å². The van der Waals surface area contributed by atoms with Gasteiger partial charge in [-0.1, -0.05) is 36.4 Å². The second-order valence-electron chi connectivity index (χ2n) is 7.03. The Morgan fingerprint density at radius 1 is 1.23 bits per heavy atom. The molecule has 0 aromatic heterocycles. The average molecular weight is 355 g/mol. The second-order valence-corrected chi connectivity index (χ2v) is 7.03. The van der Waals surface area contributed by atoms with Crippen LogP contribution in [0.15, 0.2) is 48.5 Å². The van der Waals surface area contributed by atoms with E-state index in [0.29, 0.717) is 19.1 Å². The molecule has 0 radical (unpaired) electrons. The van der Waals surface area contributed by atoms with Crippen LogP contribution in [0.2, 0.25) is 0 Å². The number of esters is 1. The number of rotatable bonds is 6. The minimum atomic E-state index is -0.190. The molecule has 0 saturated carbocycles. The molecule has 0 amide bonds. The van der Waals surface area contributed by atoms with Gasteiger partial charge in [0.1, 0.15) is 5.82 Å². The maximum atomic E-state index is 13.7. The van der Waals surface area contributed by atoms with E-state index < -0.39 is 0 Å². The van der Waals surface area contributed by atoms with Crippen LogP contribution in [0.1, 0.15) is 36.0 Å². The molecule has 0 N–H and O–H groups in total. The minimum Gasteiger partial charge on any atom is -0.465 e. The molecule has 0 spiro atoms. The Balaban J connectivity index is 1.85. The van der Waals surface area contributed by atoms with Gasteiger partial charge in [-0.05, 0) is 61.6 Å². The fourth-order valence-electron chi connectivity index (χ4n) is 4.06. The van der Waals surface area contributed by atoms with Crippen LogP contribution in [0.4, 0.5) is 4.39 Å². The number of benzene rings is 2. The van der Waals surface area contributed by atoms with Gasteiger partial charge in [0, 0.05) is 12.5 Å². The van der Waals surface area contributed by atoms with Gasteiger partial charge in [-0.15, -0.1) is 0 Å². The number of ether oxygens (including phenoxy) is 1. The first-order chi connectivity index (χ1) is 12.6. The monoisotopic (exact) mass is 355 g/mol. The topological polar surface area (TPSA) is 29.5 Å². The van der Waals surface area contributed by atoms with Gasteiger partial charge in [-0.2, -0.15) is 0 Å². The lowest BCUT2D eigenvalue weighted by molar-refractivity contribution is -0.144. The van der Waals surface area contributed by atoms with Crippen molar-refractivity contribution < 1.29 is 13.9 Å². The third-order valence-corrected chi connectivity index (χ3v) is 5.11. The summed E-state index contributed by atoms with van der Waals surface area (Å²) in [5.41, 5.74) is 3.55. The van der Waals surface area contributed by atoms with Crippen molar-refractivity contribution in [1.82, 2.24) is 4.90 Å². The lowest BCUT2D eigenvalue weighted by Crippen LogP contribution is -2.36. The van der Waals surface area contributed by atoms with Gasteiger partial charge in [0.25, 0.3) is 0 Å². The van der Waals surface area contributed by atoms with Crippen molar-refractivity contribution in [2.45, 2.75) is 25.7 Å². The van der Waals surface area contributed by atoms with Gasteiger partial charge in [-0.3, -0.25) is 9.69 Å². The Bertz CT molecular complexity index is 747. The standard InChI is InChI=1S/C22H26FNO2/c1-3-26-21(25)15-24(2)14-18-10-9-17-13-19(23)11-12-20(17)22(18)16-7-5-4-6-8-16/h4-8,11-13,18,22H,3,9-10,14-15H2,1-2H3/t18-,22+/m1/s1. The SMILES string of the molecule is CCOC(=O)CN(C)C[C@H]1CCc2cc(F)ccc2[C@H]1c1ccccc1. The Morgan fingerprint density at radius 3 is 2.73 bits per heavy atom. The number of hydrogen-bond acceptors (Lipinski definition) is 3. The summed E-state index contributed by atoms with van der Waals surface area (Å²) in [6.45, 7) is 3.32. The van der Waals surface area contributed by atoms with Crippen LogP contribution in [0.5, 0.6) is 0 Å². The molecule has 0 unspecified atom stereocenters. The quantitative estimate of drug-likeness (QED) is 0.733. The first kappa shape index (κ1) is 18.6. The smallest absolute Gasteiger partial charge is 0.320 e. The van der Waals surface area contributed by atoms with Crippen molar-refractivity contribution in [2.24, 2.45) is 5.92 Å². The summed E-state index contributed by atoms with van der Waals surface area (Å²) >= 11 is 0.